The van der Waals surface area contributed by atoms with E-state index in [-0.39, 0.29) is 67.7 Å². The molecule has 10 heteroatoms. The molecule has 0 aliphatic rings. The van der Waals surface area contributed by atoms with Crippen molar-refractivity contribution in [3.05, 3.63) is 0 Å². The highest BCUT2D eigenvalue weighted by Gasteiger charge is 2.17. The van der Waals surface area contributed by atoms with Crippen LogP contribution in [0, 0.1) is 0 Å². The van der Waals surface area contributed by atoms with Crippen LogP contribution in [0.4, 0.5) is 0 Å². The summed E-state index contributed by atoms with van der Waals surface area (Å²) in [6.45, 7) is 5.31. The first-order valence-electron chi connectivity index (χ1n) is 12.1. The normalized spacial score (nSPS) is 10.6. The number of carbonyl (C=O) groups excluding carboxylic acids is 6. The monoisotopic (exact) mass is 482 g/mol. The Morgan fingerprint density at radius 1 is 0.471 bits per heavy atom. The fraction of sp³-hybridized carbons (Fsp3) is 0.750. The van der Waals surface area contributed by atoms with E-state index in [9.17, 15) is 28.8 Å². The topological polar surface area (TPSA) is 142 Å². The molecule has 0 aromatic carbocycles. The summed E-state index contributed by atoms with van der Waals surface area (Å²) in [5.74, 6) is -0.690. The minimum atomic E-state index is -0.365. The molecule has 0 aromatic heterocycles. The summed E-state index contributed by atoms with van der Waals surface area (Å²) in [7, 11) is 0. The van der Waals surface area contributed by atoms with Crippen LogP contribution < -0.4 is 16.0 Å². The second-order valence-corrected chi connectivity index (χ2v) is 8.67. The molecule has 0 fully saturated rings. The number of nitrogens with zero attached hydrogens (tertiary/aromatic N) is 1. The van der Waals surface area contributed by atoms with E-state index in [1.165, 1.54) is 11.8 Å². The molecule has 0 saturated carbocycles. The molecular formula is C24H42N4O6. The van der Waals surface area contributed by atoms with E-state index in [1.54, 1.807) is 13.8 Å². The lowest BCUT2D eigenvalue weighted by Gasteiger charge is -2.21. The van der Waals surface area contributed by atoms with Gasteiger partial charge in [-0.15, -0.1) is 0 Å². The Morgan fingerprint density at radius 3 is 1.18 bits per heavy atom. The van der Waals surface area contributed by atoms with Gasteiger partial charge in [-0.1, -0.05) is 12.8 Å². The van der Waals surface area contributed by atoms with Crippen LogP contribution in [0.5, 0.6) is 0 Å². The van der Waals surface area contributed by atoms with E-state index in [1.807, 2.05) is 0 Å². The van der Waals surface area contributed by atoms with Gasteiger partial charge in [0.05, 0.1) is 19.6 Å². The lowest BCUT2D eigenvalue weighted by Crippen LogP contribution is -2.47. The van der Waals surface area contributed by atoms with E-state index in [0.29, 0.717) is 25.9 Å². The molecule has 0 saturated heterocycles. The maximum absolute atomic E-state index is 12.3. The van der Waals surface area contributed by atoms with Crippen molar-refractivity contribution in [1.29, 1.82) is 0 Å². The molecule has 0 atom stereocenters. The minimum Gasteiger partial charge on any atom is -0.355 e. The Balaban J connectivity index is 4.49. The molecule has 0 aliphatic carbocycles. The van der Waals surface area contributed by atoms with Crippen molar-refractivity contribution in [2.75, 3.05) is 39.3 Å². The fourth-order valence-electron chi connectivity index (χ4n) is 3.13. The highest BCUT2D eigenvalue weighted by Crippen LogP contribution is 2.00. The quantitative estimate of drug-likeness (QED) is 0.207. The molecular weight excluding hydrogens is 440 g/mol. The van der Waals surface area contributed by atoms with Crippen molar-refractivity contribution in [3.8, 4) is 0 Å². The van der Waals surface area contributed by atoms with E-state index < -0.39 is 0 Å². The summed E-state index contributed by atoms with van der Waals surface area (Å²) in [6.07, 6.45) is 6.01. The summed E-state index contributed by atoms with van der Waals surface area (Å²) < 4.78 is 0. The van der Waals surface area contributed by atoms with Gasteiger partial charge >= 0.3 is 0 Å². The van der Waals surface area contributed by atoms with Gasteiger partial charge in [0.1, 0.15) is 17.3 Å². The molecule has 0 unspecified atom stereocenters. The molecule has 0 rings (SSSR count). The Labute approximate surface area is 203 Å². The molecule has 0 bridgehead atoms. The Hall–Kier alpha value is -2.62. The zero-order chi connectivity index (χ0) is 25.8. The molecule has 0 aromatic rings. The maximum Gasteiger partial charge on any atom is 0.234 e. The van der Waals surface area contributed by atoms with Crippen LogP contribution >= 0.6 is 0 Å². The zero-order valence-electron chi connectivity index (χ0n) is 21.0. The number of rotatable bonds is 21. The zero-order valence-corrected chi connectivity index (χ0v) is 21.0. The lowest BCUT2D eigenvalue weighted by molar-refractivity contribution is -0.128. The summed E-state index contributed by atoms with van der Waals surface area (Å²) in [5.41, 5.74) is 0. The standard InChI is InChI=1S/C24H42N4O6/c1-19(29)10-6-4-8-13-25-22(32)16-28(18-24(34)27-15-12-21(3)31)17-23(33)26-14-9-5-7-11-20(2)30/h4-18H2,1-3H3,(H,25,32)(H,26,33)(H,27,34). The van der Waals surface area contributed by atoms with Crippen LogP contribution in [-0.2, 0) is 28.8 Å². The number of Topliss-reactive ketones (excluding diaryl/α,β-unsaturated/α-hetero) is 3. The van der Waals surface area contributed by atoms with Gasteiger partial charge < -0.3 is 25.5 Å². The Kier molecular flexibility index (Phi) is 18.3. The molecule has 0 heterocycles. The molecule has 0 radical (unpaired) electrons. The molecule has 0 aliphatic heterocycles. The second-order valence-electron chi connectivity index (χ2n) is 8.67. The van der Waals surface area contributed by atoms with E-state index in [2.05, 4.69) is 16.0 Å². The number of hydrogen-bond donors (Lipinski definition) is 3. The summed E-state index contributed by atoms with van der Waals surface area (Å²) in [5, 5.41) is 8.18. The van der Waals surface area contributed by atoms with Crippen molar-refractivity contribution in [1.82, 2.24) is 20.9 Å². The van der Waals surface area contributed by atoms with Gasteiger partial charge in [0.2, 0.25) is 17.7 Å². The van der Waals surface area contributed by atoms with Crippen molar-refractivity contribution < 1.29 is 28.8 Å². The van der Waals surface area contributed by atoms with Gasteiger partial charge in [0.15, 0.2) is 0 Å². The van der Waals surface area contributed by atoms with Gasteiger partial charge in [-0.25, -0.2) is 0 Å². The lowest BCUT2D eigenvalue weighted by atomic mass is 10.1. The molecule has 3 N–H and O–H groups in total. The van der Waals surface area contributed by atoms with Crippen molar-refractivity contribution in [2.45, 2.75) is 78.6 Å². The molecule has 3 amide bonds. The van der Waals surface area contributed by atoms with E-state index >= 15 is 0 Å². The van der Waals surface area contributed by atoms with Gasteiger partial charge in [-0.3, -0.25) is 24.1 Å². The van der Waals surface area contributed by atoms with Crippen LogP contribution in [0.1, 0.15) is 78.6 Å². The fourth-order valence-corrected chi connectivity index (χ4v) is 3.13. The second kappa shape index (κ2) is 19.8. The minimum absolute atomic E-state index is 0.0393. The van der Waals surface area contributed by atoms with Gasteiger partial charge in [-0.05, 0) is 46.5 Å². The summed E-state index contributed by atoms with van der Waals surface area (Å²) >= 11 is 0. The summed E-state index contributed by atoms with van der Waals surface area (Å²) in [6, 6.07) is 0. The highest BCUT2D eigenvalue weighted by atomic mass is 16.2. The van der Waals surface area contributed by atoms with Gasteiger partial charge in [0.25, 0.3) is 0 Å². The number of carbonyl (C=O) groups is 6. The van der Waals surface area contributed by atoms with Crippen molar-refractivity contribution in [2.24, 2.45) is 0 Å². The van der Waals surface area contributed by atoms with Gasteiger partial charge in [-0.2, -0.15) is 0 Å². The molecule has 0 spiro atoms. The molecule has 10 nitrogen and oxygen atoms in total. The third-order valence-electron chi connectivity index (χ3n) is 4.96. The van der Waals surface area contributed by atoms with Crippen LogP contribution in [0.25, 0.3) is 0 Å². The van der Waals surface area contributed by atoms with Crippen LogP contribution in [0.3, 0.4) is 0 Å². The van der Waals surface area contributed by atoms with Crippen molar-refractivity contribution >= 4 is 35.1 Å². The predicted octanol–water partition coefficient (Wildman–Crippen LogP) is 0.915. The smallest absolute Gasteiger partial charge is 0.234 e. The first-order chi connectivity index (χ1) is 16.1. The highest BCUT2D eigenvalue weighted by molar-refractivity contribution is 5.84. The average Bonchev–Trinajstić information content (AvgIpc) is 2.72. The number of nitrogens with one attached hydrogen (secondary N) is 3. The SMILES string of the molecule is CC(=O)CCCCCNC(=O)CN(CC(=O)NCCCCCC(C)=O)CC(=O)NCCC(C)=O. The van der Waals surface area contributed by atoms with Crippen LogP contribution in [0.15, 0.2) is 0 Å². The van der Waals surface area contributed by atoms with Crippen LogP contribution in [0.2, 0.25) is 0 Å². The average molecular weight is 483 g/mol. The number of hydrogen-bond acceptors (Lipinski definition) is 7. The third kappa shape index (κ3) is 21.2. The molecule has 194 valence electrons. The van der Waals surface area contributed by atoms with Crippen molar-refractivity contribution in [3.63, 3.8) is 0 Å². The van der Waals surface area contributed by atoms with E-state index in [4.69, 9.17) is 0 Å². The number of amides is 3. The number of ketones is 3. The molecule has 34 heavy (non-hydrogen) atoms. The first-order valence-corrected chi connectivity index (χ1v) is 12.1. The largest absolute Gasteiger partial charge is 0.355 e. The maximum atomic E-state index is 12.3. The number of unbranched alkanes of at least 4 members (excludes halogenated alkanes) is 4. The summed E-state index contributed by atoms with van der Waals surface area (Å²) in [4.78, 5) is 71.2. The Bertz CT molecular complexity index is 640. The predicted molar refractivity (Wildman–Crippen MR) is 129 cm³/mol. The van der Waals surface area contributed by atoms with Crippen LogP contribution in [-0.4, -0.2) is 79.2 Å². The van der Waals surface area contributed by atoms with E-state index in [0.717, 1.165) is 38.5 Å². The Morgan fingerprint density at radius 2 is 0.824 bits per heavy atom. The third-order valence-corrected chi connectivity index (χ3v) is 4.96. The van der Waals surface area contributed by atoms with Gasteiger partial charge in [0, 0.05) is 38.9 Å². The first kappa shape index (κ1) is 31.4.